The molecule has 0 unspecified atom stereocenters. The van der Waals surface area contributed by atoms with E-state index >= 15 is 0 Å². The summed E-state index contributed by atoms with van der Waals surface area (Å²) >= 11 is 0. The summed E-state index contributed by atoms with van der Waals surface area (Å²) in [5.41, 5.74) is 11.8. The predicted molar refractivity (Wildman–Crippen MR) is 119 cm³/mol. The molecule has 0 radical (unpaired) electrons. The second-order valence-electron chi connectivity index (χ2n) is 7.12. The lowest BCUT2D eigenvalue weighted by atomic mass is 9.94. The fourth-order valence-electron chi connectivity index (χ4n) is 3.44. The van der Waals surface area contributed by atoms with Crippen LogP contribution in [0, 0.1) is 0 Å². The van der Waals surface area contributed by atoms with E-state index in [-0.39, 0.29) is 11.7 Å². The number of hydrogen-bond donors (Lipinski definition) is 3. The van der Waals surface area contributed by atoms with Crippen LogP contribution >= 0.6 is 0 Å². The zero-order valence-electron chi connectivity index (χ0n) is 16.5. The van der Waals surface area contributed by atoms with E-state index in [4.69, 9.17) is 5.73 Å². The van der Waals surface area contributed by atoms with E-state index in [9.17, 15) is 13.2 Å². The molecule has 2 heterocycles. The van der Waals surface area contributed by atoms with Crippen molar-refractivity contribution in [1.82, 2.24) is 10.3 Å². The Morgan fingerprint density at radius 2 is 1.77 bits per heavy atom. The van der Waals surface area contributed by atoms with E-state index in [2.05, 4.69) is 15.0 Å². The maximum atomic E-state index is 12.0. The minimum atomic E-state index is -3.32. The van der Waals surface area contributed by atoms with E-state index in [0.29, 0.717) is 23.6 Å². The highest BCUT2D eigenvalue weighted by Gasteiger charge is 2.18. The summed E-state index contributed by atoms with van der Waals surface area (Å²) in [7, 11) is -3.32. The minimum absolute atomic E-state index is 0.0163. The van der Waals surface area contributed by atoms with Gasteiger partial charge in [-0.25, -0.2) is 13.4 Å². The van der Waals surface area contributed by atoms with Gasteiger partial charge in [-0.2, -0.15) is 0 Å². The second-order valence-corrected chi connectivity index (χ2v) is 9.13. The fourth-order valence-corrected chi connectivity index (χ4v) is 4.08. The number of sulfonamides is 1. The van der Waals surface area contributed by atoms with Crippen molar-refractivity contribution in [3.63, 3.8) is 0 Å². The topological polar surface area (TPSA) is 114 Å². The van der Waals surface area contributed by atoms with Crippen LogP contribution in [0.15, 0.2) is 54.7 Å². The van der Waals surface area contributed by atoms with Crippen molar-refractivity contribution in [2.24, 2.45) is 0 Å². The molecule has 1 aliphatic rings. The lowest BCUT2D eigenvalue weighted by molar-refractivity contribution is 0.0946. The molecule has 1 aliphatic heterocycles. The van der Waals surface area contributed by atoms with Crippen LogP contribution in [0.25, 0.3) is 22.3 Å². The Hall–Kier alpha value is -3.39. The quantitative estimate of drug-likeness (QED) is 0.585. The molecule has 0 spiro atoms. The molecular weight excluding hydrogens is 400 g/mol. The van der Waals surface area contributed by atoms with Gasteiger partial charge in [0, 0.05) is 35.1 Å². The summed E-state index contributed by atoms with van der Waals surface area (Å²) in [5.74, 6) is 0.371. The van der Waals surface area contributed by atoms with Gasteiger partial charge >= 0.3 is 0 Å². The van der Waals surface area contributed by atoms with Gasteiger partial charge in [0.15, 0.2) is 0 Å². The van der Waals surface area contributed by atoms with E-state index in [1.807, 2.05) is 36.4 Å². The SMILES string of the molecule is CCS(=O)(=O)Nc1ccc(-c2cnc(N)c(-c3ccc4c(c3)CCNC4=O)c2)cc1. The lowest BCUT2D eigenvalue weighted by Gasteiger charge is -2.18. The summed E-state index contributed by atoms with van der Waals surface area (Å²) in [5, 5.41) is 2.84. The highest BCUT2D eigenvalue weighted by molar-refractivity contribution is 7.92. The zero-order valence-corrected chi connectivity index (χ0v) is 17.3. The number of hydrogen-bond acceptors (Lipinski definition) is 5. The Morgan fingerprint density at radius 3 is 2.50 bits per heavy atom. The molecule has 0 saturated carbocycles. The lowest BCUT2D eigenvalue weighted by Crippen LogP contribution is -2.31. The third-order valence-corrected chi connectivity index (χ3v) is 6.44. The van der Waals surface area contributed by atoms with Crippen LogP contribution in [0.4, 0.5) is 11.5 Å². The van der Waals surface area contributed by atoms with Gasteiger partial charge in [-0.3, -0.25) is 9.52 Å². The van der Waals surface area contributed by atoms with Gasteiger partial charge in [-0.1, -0.05) is 24.3 Å². The van der Waals surface area contributed by atoms with E-state index in [0.717, 1.165) is 34.2 Å². The smallest absolute Gasteiger partial charge is 0.251 e. The van der Waals surface area contributed by atoms with Gasteiger partial charge in [-0.05, 0) is 54.3 Å². The molecule has 4 rings (SSSR count). The predicted octanol–water partition coefficient (Wildman–Crippen LogP) is 3.05. The number of nitrogen functional groups attached to an aromatic ring is 1. The molecule has 0 fully saturated rings. The molecule has 0 atom stereocenters. The largest absolute Gasteiger partial charge is 0.383 e. The van der Waals surface area contributed by atoms with Gasteiger partial charge in [0.2, 0.25) is 10.0 Å². The number of aromatic nitrogens is 1. The van der Waals surface area contributed by atoms with Gasteiger partial charge in [0.1, 0.15) is 5.82 Å². The number of pyridine rings is 1. The van der Waals surface area contributed by atoms with E-state index < -0.39 is 10.0 Å². The number of nitrogens with zero attached hydrogens (tertiary/aromatic N) is 1. The molecule has 8 heteroatoms. The number of nitrogens with one attached hydrogen (secondary N) is 2. The Balaban J connectivity index is 1.66. The molecule has 0 bridgehead atoms. The van der Waals surface area contributed by atoms with Crippen LogP contribution in [0.5, 0.6) is 0 Å². The molecule has 4 N–H and O–H groups in total. The van der Waals surface area contributed by atoms with E-state index in [1.54, 1.807) is 25.3 Å². The molecule has 3 aromatic rings. The fraction of sp³-hybridized carbons (Fsp3) is 0.182. The first-order valence-electron chi connectivity index (χ1n) is 9.64. The highest BCUT2D eigenvalue weighted by atomic mass is 32.2. The number of nitrogens with two attached hydrogens (primary N) is 1. The third-order valence-electron chi connectivity index (χ3n) is 5.13. The second kappa shape index (κ2) is 7.79. The van der Waals surface area contributed by atoms with Crippen LogP contribution in [0.2, 0.25) is 0 Å². The van der Waals surface area contributed by atoms with Crippen LogP contribution < -0.4 is 15.8 Å². The molecule has 2 aromatic carbocycles. The standard InChI is InChI=1S/C22H22N4O3S/c1-2-30(28,29)26-18-6-3-14(4-7-18)17-12-20(21(23)25-13-17)15-5-8-19-16(11-15)9-10-24-22(19)27/h3-8,11-13,26H,2,9-10H2,1H3,(H2,23,25)(H,24,27). The number of anilines is 2. The van der Waals surface area contributed by atoms with Gasteiger partial charge < -0.3 is 11.1 Å². The van der Waals surface area contributed by atoms with Crippen LogP contribution in [-0.2, 0) is 16.4 Å². The maximum Gasteiger partial charge on any atom is 0.251 e. The Labute approximate surface area is 175 Å². The number of carbonyl (C=O) groups excluding carboxylic acids is 1. The highest BCUT2D eigenvalue weighted by Crippen LogP contribution is 2.32. The van der Waals surface area contributed by atoms with Crippen molar-refractivity contribution in [2.75, 3.05) is 22.8 Å². The Morgan fingerprint density at radius 1 is 1.03 bits per heavy atom. The van der Waals surface area contributed by atoms with Gasteiger partial charge in [-0.15, -0.1) is 0 Å². The third kappa shape index (κ3) is 3.99. The minimum Gasteiger partial charge on any atom is -0.383 e. The summed E-state index contributed by atoms with van der Waals surface area (Å²) in [6, 6.07) is 14.8. The van der Waals surface area contributed by atoms with Crippen LogP contribution in [0.1, 0.15) is 22.8 Å². The number of fused-ring (bicyclic) bond motifs is 1. The zero-order chi connectivity index (χ0) is 21.3. The molecule has 7 nitrogen and oxygen atoms in total. The van der Waals surface area contributed by atoms with Gasteiger partial charge in [0.05, 0.1) is 5.75 Å². The molecule has 0 aliphatic carbocycles. The van der Waals surface area contributed by atoms with Crippen molar-refractivity contribution in [3.8, 4) is 22.3 Å². The van der Waals surface area contributed by atoms with Crippen molar-refractivity contribution in [1.29, 1.82) is 0 Å². The summed E-state index contributed by atoms with van der Waals surface area (Å²) in [4.78, 5) is 16.3. The Bertz CT molecular complexity index is 1220. The van der Waals surface area contributed by atoms with Crippen molar-refractivity contribution in [3.05, 3.63) is 65.9 Å². The molecule has 1 amide bonds. The summed E-state index contributed by atoms with van der Waals surface area (Å²) < 4.78 is 26.0. The molecule has 1 aromatic heterocycles. The van der Waals surface area contributed by atoms with Gasteiger partial charge in [0.25, 0.3) is 5.91 Å². The van der Waals surface area contributed by atoms with Crippen molar-refractivity contribution < 1.29 is 13.2 Å². The molecular formula is C22H22N4O3S. The first-order valence-corrected chi connectivity index (χ1v) is 11.3. The van der Waals surface area contributed by atoms with Crippen LogP contribution in [-0.4, -0.2) is 31.6 Å². The molecule has 0 saturated heterocycles. The van der Waals surface area contributed by atoms with Crippen LogP contribution in [0.3, 0.4) is 0 Å². The number of rotatable bonds is 5. The number of benzene rings is 2. The van der Waals surface area contributed by atoms with E-state index in [1.165, 1.54) is 0 Å². The summed E-state index contributed by atoms with van der Waals surface area (Å²) in [6.07, 6.45) is 2.47. The first-order chi connectivity index (χ1) is 14.4. The molecule has 154 valence electrons. The average molecular weight is 423 g/mol. The molecule has 30 heavy (non-hydrogen) atoms. The van der Waals surface area contributed by atoms with Crippen molar-refractivity contribution >= 4 is 27.4 Å². The number of carbonyl (C=O) groups is 1. The maximum absolute atomic E-state index is 12.0. The first kappa shape index (κ1) is 19.9. The number of amides is 1. The summed E-state index contributed by atoms with van der Waals surface area (Å²) in [6.45, 7) is 2.21. The Kier molecular flexibility index (Phi) is 5.17. The van der Waals surface area contributed by atoms with Crippen molar-refractivity contribution in [2.45, 2.75) is 13.3 Å². The average Bonchev–Trinajstić information content (AvgIpc) is 2.74. The monoisotopic (exact) mass is 422 g/mol. The normalized spacial score (nSPS) is 13.4.